The second-order valence-electron chi connectivity index (χ2n) is 5.11. The molecule has 1 heterocycles. The zero-order valence-corrected chi connectivity index (χ0v) is 13.8. The second kappa shape index (κ2) is 6.33. The molecule has 122 valence electrons. The molecule has 3 aromatic rings. The van der Waals surface area contributed by atoms with Gasteiger partial charge in [0.15, 0.2) is 16.4 Å². The van der Waals surface area contributed by atoms with Crippen molar-refractivity contribution in [3.05, 3.63) is 52.9 Å². The first-order chi connectivity index (χ1) is 11.5. The van der Waals surface area contributed by atoms with Crippen LogP contribution in [0.3, 0.4) is 0 Å². The van der Waals surface area contributed by atoms with Crippen LogP contribution in [0.5, 0.6) is 17.2 Å². The average molecular weight is 342 g/mol. The number of benzene rings is 2. The van der Waals surface area contributed by atoms with Gasteiger partial charge in [0.2, 0.25) is 0 Å². The number of rotatable bonds is 5. The van der Waals surface area contributed by atoms with Crippen LogP contribution in [0.15, 0.2) is 42.5 Å². The average Bonchev–Trinajstić information content (AvgIpc) is 2.93. The molecule has 0 aliphatic heterocycles. The minimum Gasteiger partial charge on any atom is -0.497 e. The number of Topliss-reactive ketones (excluding diaryl/α,β-unsaturated/α-hetero) is 1. The molecular formula is C18H14O5S. The number of carbonyl (C=O) groups excluding carboxylic acids is 1. The maximum absolute atomic E-state index is 11.6. The van der Waals surface area contributed by atoms with Crippen molar-refractivity contribution in [1.29, 1.82) is 0 Å². The van der Waals surface area contributed by atoms with Crippen molar-refractivity contribution in [3.63, 3.8) is 0 Å². The molecular weight excluding hydrogens is 328 g/mol. The highest BCUT2D eigenvalue weighted by molar-refractivity contribution is 7.21. The van der Waals surface area contributed by atoms with Crippen LogP contribution in [0, 0.1) is 0 Å². The summed E-state index contributed by atoms with van der Waals surface area (Å²) in [5, 5.41) is 10.1. The zero-order chi connectivity index (χ0) is 17.3. The number of fused-ring (bicyclic) bond motifs is 1. The number of ketones is 1. The van der Waals surface area contributed by atoms with Crippen LogP contribution in [0.1, 0.15) is 27.0 Å². The lowest BCUT2D eigenvalue weighted by Crippen LogP contribution is -1.97. The van der Waals surface area contributed by atoms with Gasteiger partial charge < -0.3 is 14.6 Å². The third-order valence-electron chi connectivity index (χ3n) is 3.50. The summed E-state index contributed by atoms with van der Waals surface area (Å²) in [5.41, 5.74) is 0.501. The molecule has 0 saturated heterocycles. The van der Waals surface area contributed by atoms with E-state index < -0.39 is 5.97 Å². The third-order valence-corrected chi connectivity index (χ3v) is 4.64. The Morgan fingerprint density at radius 2 is 1.88 bits per heavy atom. The van der Waals surface area contributed by atoms with Gasteiger partial charge in [-0.25, -0.2) is 4.79 Å². The van der Waals surface area contributed by atoms with E-state index in [0.29, 0.717) is 22.4 Å². The summed E-state index contributed by atoms with van der Waals surface area (Å²) in [7, 11) is 1.54. The molecule has 0 bridgehead atoms. The molecule has 1 aromatic heterocycles. The first-order valence-corrected chi connectivity index (χ1v) is 7.94. The van der Waals surface area contributed by atoms with E-state index in [1.54, 1.807) is 49.6 Å². The largest absolute Gasteiger partial charge is 0.497 e. The summed E-state index contributed by atoms with van der Waals surface area (Å²) in [5.74, 6) is 0.123. The molecule has 3 rings (SSSR count). The van der Waals surface area contributed by atoms with Crippen molar-refractivity contribution < 1.29 is 24.2 Å². The number of methoxy groups -OCH3 is 1. The molecule has 0 fully saturated rings. The third kappa shape index (κ3) is 2.96. The summed E-state index contributed by atoms with van der Waals surface area (Å²) in [6, 6.07) is 12.0. The van der Waals surface area contributed by atoms with Crippen LogP contribution >= 0.6 is 11.3 Å². The Hall–Kier alpha value is -2.86. The number of hydrogen-bond donors (Lipinski definition) is 1. The standard InChI is InChI=1S/C18H14O5S/c1-10(19)11-4-3-5-13(8-11)23-16-14-9-12(22-2)6-7-15(14)24-17(16)18(20)21/h3-9H,1-2H3,(H,20,21). The number of carbonyl (C=O) groups is 2. The normalized spacial score (nSPS) is 10.6. The Balaban J connectivity index is 2.13. The summed E-state index contributed by atoms with van der Waals surface area (Å²) in [6.07, 6.45) is 0. The lowest BCUT2D eigenvalue weighted by molar-refractivity contribution is 0.0699. The Labute approximate surface area is 142 Å². The van der Waals surface area contributed by atoms with Gasteiger partial charge in [0, 0.05) is 15.6 Å². The molecule has 0 amide bonds. The predicted molar refractivity (Wildman–Crippen MR) is 91.9 cm³/mol. The number of aromatic carboxylic acids is 1. The van der Waals surface area contributed by atoms with Crippen LogP contribution in [0.4, 0.5) is 0 Å². The van der Waals surface area contributed by atoms with Crippen molar-refractivity contribution in [1.82, 2.24) is 0 Å². The summed E-state index contributed by atoms with van der Waals surface area (Å²) >= 11 is 1.13. The Bertz CT molecular complexity index is 942. The van der Waals surface area contributed by atoms with Gasteiger partial charge in [-0.2, -0.15) is 0 Å². The van der Waals surface area contributed by atoms with Crippen molar-refractivity contribution >= 4 is 33.2 Å². The minimum absolute atomic E-state index is 0.0873. The van der Waals surface area contributed by atoms with E-state index in [0.717, 1.165) is 16.0 Å². The van der Waals surface area contributed by atoms with Gasteiger partial charge in [-0.3, -0.25) is 4.79 Å². The van der Waals surface area contributed by atoms with Crippen LogP contribution in [-0.2, 0) is 0 Å². The van der Waals surface area contributed by atoms with Gasteiger partial charge in [0.25, 0.3) is 0 Å². The quantitative estimate of drug-likeness (QED) is 0.686. The highest BCUT2D eigenvalue weighted by Crippen LogP contribution is 2.41. The molecule has 6 heteroatoms. The number of carboxylic acid groups (broad SMARTS) is 1. The van der Waals surface area contributed by atoms with E-state index in [9.17, 15) is 14.7 Å². The maximum Gasteiger partial charge on any atom is 0.349 e. The molecule has 0 atom stereocenters. The van der Waals surface area contributed by atoms with Gasteiger partial charge in [-0.15, -0.1) is 11.3 Å². The topological polar surface area (TPSA) is 72.8 Å². The van der Waals surface area contributed by atoms with E-state index in [2.05, 4.69) is 0 Å². The smallest absolute Gasteiger partial charge is 0.349 e. The van der Waals surface area contributed by atoms with Crippen molar-refractivity contribution in [2.24, 2.45) is 0 Å². The second-order valence-corrected chi connectivity index (χ2v) is 6.17. The van der Waals surface area contributed by atoms with Crippen LogP contribution in [0.25, 0.3) is 10.1 Å². The highest BCUT2D eigenvalue weighted by Gasteiger charge is 2.20. The van der Waals surface area contributed by atoms with Crippen LogP contribution in [-0.4, -0.2) is 24.0 Å². The SMILES string of the molecule is COc1ccc2sc(C(=O)O)c(Oc3cccc(C(C)=O)c3)c2c1. The van der Waals surface area contributed by atoms with E-state index in [1.807, 2.05) is 0 Å². The fourth-order valence-corrected chi connectivity index (χ4v) is 3.27. The number of ether oxygens (including phenoxy) is 2. The summed E-state index contributed by atoms with van der Waals surface area (Å²) < 4.78 is 11.8. The first kappa shape index (κ1) is 16.0. The van der Waals surface area contributed by atoms with E-state index in [1.165, 1.54) is 6.92 Å². The Kier molecular flexibility index (Phi) is 4.22. The maximum atomic E-state index is 11.6. The molecule has 0 spiro atoms. The molecule has 2 aromatic carbocycles. The van der Waals surface area contributed by atoms with Crippen molar-refractivity contribution in [2.75, 3.05) is 7.11 Å². The van der Waals surface area contributed by atoms with Crippen LogP contribution in [0.2, 0.25) is 0 Å². The molecule has 0 aliphatic rings. The lowest BCUT2D eigenvalue weighted by Gasteiger charge is -2.08. The van der Waals surface area contributed by atoms with Gasteiger partial charge in [0.05, 0.1) is 7.11 Å². The van der Waals surface area contributed by atoms with Gasteiger partial charge >= 0.3 is 5.97 Å². The number of thiophene rings is 1. The molecule has 5 nitrogen and oxygen atoms in total. The minimum atomic E-state index is -1.06. The Morgan fingerprint density at radius 3 is 2.54 bits per heavy atom. The van der Waals surface area contributed by atoms with E-state index >= 15 is 0 Å². The highest BCUT2D eigenvalue weighted by atomic mass is 32.1. The zero-order valence-electron chi connectivity index (χ0n) is 13.0. The fourth-order valence-electron chi connectivity index (χ4n) is 2.32. The summed E-state index contributed by atoms with van der Waals surface area (Å²) in [6.45, 7) is 1.46. The summed E-state index contributed by atoms with van der Waals surface area (Å²) in [4.78, 5) is 23.2. The van der Waals surface area contributed by atoms with Crippen LogP contribution < -0.4 is 9.47 Å². The molecule has 24 heavy (non-hydrogen) atoms. The molecule has 1 N–H and O–H groups in total. The number of carboxylic acids is 1. The van der Waals surface area contributed by atoms with E-state index in [4.69, 9.17) is 9.47 Å². The molecule has 0 saturated carbocycles. The molecule has 0 unspecified atom stereocenters. The predicted octanol–water partition coefficient (Wildman–Crippen LogP) is 4.60. The van der Waals surface area contributed by atoms with Gasteiger partial charge in [-0.1, -0.05) is 12.1 Å². The van der Waals surface area contributed by atoms with Gasteiger partial charge in [-0.05, 0) is 37.3 Å². The van der Waals surface area contributed by atoms with E-state index in [-0.39, 0.29) is 16.4 Å². The van der Waals surface area contributed by atoms with Crippen molar-refractivity contribution in [3.8, 4) is 17.2 Å². The monoisotopic (exact) mass is 342 g/mol. The molecule has 0 radical (unpaired) electrons. The Morgan fingerprint density at radius 1 is 1.08 bits per heavy atom. The molecule has 0 aliphatic carbocycles. The lowest BCUT2D eigenvalue weighted by atomic mass is 10.1. The fraction of sp³-hybridized carbons (Fsp3) is 0.111. The number of hydrogen-bond acceptors (Lipinski definition) is 5. The van der Waals surface area contributed by atoms with Gasteiger partial charge in [0.1, 0.15) is 11.5 Å². The first-order valence-electron chi connectivity index (χ1n) is 7.12. The van der Waals surface area contributed by atoms with Crippen molar-refractivity contribution in [2.45, 2.75) is 6.92 Å².